The minimum absolute atomic E-state index is 0.286. The Morgan fingerprint density at radius 3 is 2.29 bits per heavy atom. The van der Waals surface area contributed by atoms with Crippen LogP contribution in [0.3, 0.4) is 0 Å². The van der Waals surface area contributed by atoms with E-state index in [-0.39, 0.29) is 6.61 Å². The first kappa shape index (κ1) is 23.4. The van der Waals surface area contributed by atoms with Gasteiger partial charge in [-0.15, -0.1) is 0 Å². The van der Waals surface area contributed by atoms with E-state index in [0.717, 1.165) is 20.2 Å². The van der Waals surface area contributed by atoms with Gasteiger partial charge in [-0.3, -0.25) is 0 Å². The van der Waals surface area contributed by atoms with Crippen molar-refractivity contribution in [2.45, 2.75) is 13.5 Å². The van der Waals surface area contributed by atoms with Gasteiger partial charge in [-0.2, -0.15) is 0 Å². The fourth-order valence-electron chi connectivity index (χ4n) is 2.76. The smallest absolute Gasteiger partial charge is 0.340 e. The number of carbonyl (C=O) groups excluding carboxylic acids is 1. The van der Waals surface area contributed by atoms with E-state index in [4.69, 9.17) is 21.1 Å². The average molecular weight is 566 g/mol. The Labute approximate surface area is 203 Å². The van der Waals surface area contributed by atoms with Gasteiger partial charge in [0.05, 0.1) is 21.1 Å². The molecule has 0 bridgehead atoms. The minimum atomic E-state index is -0.418. The van der Waals surface area contributed by atoms with E-state index in [9.17, 15) is 4.79 Å². The molecule has 0 unspecified atom stereocenters. The highest BCUT2D eigenvalue weighted by atomic mass is 79.9. The molecule has 3 rings (SSSR count). The first-order valence-corrected chi connectivity index (χ1v) is 11.5. The summed E-state index contributed by atoms with van der Waals surface area (Å²) in [5, 5.41) is 3.76. The molecule has 0 fully saturated rings. The Balaban J connectivity index is 1.80. The average Bonchev–Trinajstić information content (AvgIpc) is 2.75. The summed E-state index contributed by atoms with van der Waals surface area (Å²) >= 11 is 13.1. The third-order valence-electron chi connectivity index (χ3n) is 4.26. The molecule has 0 aromatic heterocycles. The Hall–Kier alpha value is -2.28. The molecule has 3 aromatic carbocycles. The number of hydrogen-bond acceptors (Lipinski definition) is 4. The van der Waals surface area contributed by atoms with Crippen LogP contribution in [0.15, 0.2) is 81.9 Å². The van der Waals surface area contributed by atoms with Crippen LogP contribution in [0, 0.1) is 0 Å². The zero-order valence-electron chi connectivity index (χ0n) is 16.7. The van der Waals surface area contributed by atoms with Crippen molar-refractivity contribution < 1.29 is 14.3 Å². The van der Waals surface area contributed by atoms with E-state index in [0.29, 0.717) is 28.5 Å². The highest BCUT2D eigenvalue weighted by Crippen LogP contribution is 2.37. The van der Waals surface area contributed by atoms with Crippen LogP contribution in [0.4, 0.5) is 5.69 Å². The number of rotatable bonds is 8. The number of benzene rings is 3. The topological polar surface area (TPSA) is 47.6 Å². The van der Waals surface area contributed by atoms with Crippen molar-refractivity contribution >= 4 is 60.7 Å². The Bertz CT molecular complexity index is 1050. The van der Waals surface area contributed by atoms with Crippen LogP contribution in [0.1, 0.15) is 18.1 Å². The summed E-state index contributed by atoms with van der Waals surface area (Å²) in [5.41, 5.74) is 2.95. The zero-order chi connectivity index (χ0) is 22.2. The van der Waals surface area contributed by atoms with Gasteiger partial charge in [-0.25, -0.2) is 4.79 Å². The molecule has 1 N–H and O–H groups in total. The lowest BCUT2D eigenvalue weighted by Gasteiger charge is -2.13. The summed E-state index contributed by atoms with van der Waals surface area (Å²) in [6.45, 7) is 2.51. The number of esters is 1. The normalized spacial score (nSPS) is 11.2. The molecular weight excluding hydrogens is 546 g/mol. The quantitative estimate of drug-likeness (QED) is 0.228. The molecule has 7 heteroatoms. The van der Waals surface area contributed by atoms with Gasteiger partial charge in [0.15, 0.2) is 0 Å². The van der Waals surface area contributed by atoms with Crippen molar-refractivity contribution in [2.24, 2.45) is 0 Å². The standard InChI is InChI=1S/C24H20Br2ClNO3/c1-2-30-24(29)20(17-8-10-18(27)11-9-17)14-28-19-12-21(25)23(22(26)13-19)31-15-16-6-4-3-5-7-16/h3-14,28H,2,15H2,1H3/b20-14+. The van der Waals surface area contributed by atoms with E-state index in [1.165, 1.54) is 0 Å². The van der Waals surface area contributed by atoms with E-state index in [1.54, 1.807) is 37.4 Å². The van der Waals surface area contributed by atoms with Crippen molar-refractivity contribution in [3.8, 4) is 5.75 Å². The molecule has 4 nitrogen and oxygen atoms in total. The van der Waals surface area contributed by atoms with Crippen LogP contribution >= 0.6 is 43.5 Å². The van der Waals surface area contributed by atoms with Crippen molar-refractivity contribution in [2.75, 3.05) is 11.9 Å². The summed E-state index contributed by atoms with van der Waals surface area (Å²) in [6, 6.07) is 20.7. The number of halogens is 3. The Morgan fingerprint density at radius 1 is 1.03 bits per heavy atom. The van der Waals surface area contributed by atoms with Crippen LogP contribution in [-0.2, 0) is 16.1 Å². The first-order valence-electron chi connectivity index (χ1n) is 9.53. The minimum Gasteiger partial charge on any atom is -0.487 e. The van der Waals surface area contributed by atoms with Gasteiger partial charge in [0.25, 0.3) is 0 Å². The second kappa shape index (κ2) is 11.4. The lowest BCUT2D eigenvalue weighted by Crippen LogP contribution is -2.08. The number of carbonyl (C=O) groups is 1. The first-order chi connectivity index (χ1) is 15.0. The summed E-state index contributed by atoms with van der Waals surface area (Å²) < 4.78 is 12.7. The Morgan fingerprint density at radius 2 is 1.68 bits per heavy atom. The third-order valence-corrected chi connectivity index (χ3v) is 5.69. The van der Waals surface area contributed by atoms with Crippen molar-refractivity contribution in [1.82, 2.24) is 0 Å². The fraction of sp³-hybridized carbons (Fsp3) is 0.125. The van der Waals surface area contributed by atoms with Crippen molar-refractivity contribution in [3.05, 3.63) is 98.0 Å². The molecule has 0 radical (unpaired) electrons. The van der Waals surface area contributed by atoms with Crippen LogP contribution in [0.2, 0.25) is 5.02 Å². The molecule has 3 aromatic rings. The van der Waals surface area contributed by atoms with Gasteiger partial charge in [-0.05, 0) is 74.2 Å². The molecule has 0 saturated heterocycles. The molecule has 0 amide bonds. The summed E-state index contributed by atoms with van der Waals surface area (Å²) in [7, 11) is 0. The predicted octanol–water partition coefficient (Wildman–Crippen LogP) is 7.46. The molecule has 0 aliphatic rings. The lowest BCUT2D eigenvalue weighted by atomic mass is 10.1. The molecule has 31 heavy (non-hydrogen) atoms. The van der Waals surface area contributed by atoms with Crippen molar-refractivity contribution in [3.63, 3.8) is 0 Å². The lowest BCUT2D eigenvalue weighted by molar-refractivity contribution is -0.136. The van der Waals surface area contributed by atoms with Crippen LogP contribution in [0.5, 0.6) is 5.75 Å². The molecule has 0 heterocycles. The zero-order valence-corrected chi connectivity index (χ0v) is 20.6. The SMILES string of the molecule is CCOC(=O)/C(=C/Nc1cc(Br)c(OCc2ccccc2)c(Br)c1)c1ccc(Cl)cc1. The monoisotopic (exact) mass is 563 g/mol. The van der Waals surface area contributed by atoms with Crippen LogP contribution < -0.4 is 10.1 Å². The second-order valence-corrected chi connectivity index (χ2v) is 8.62. The van der Waals surface area contributed by atoms with Gasteiger partial charge in [0.1, 0.15) is 12.4 Å². The van der Waals surface area contributed by atoms with Crippen molar-refractivity contribution in [1.29, 1.82) is 0 Å². The number of ether oxygens (including phenoxy) is 2. The van der Waals surface area contributed by atoms with Gasteiger partial charge in [0, 0.05) is 16.9 Å². The molecule has 0 spiro atoms. The second-order valence-electron chi connectivity index (χ2n) is 6.47. The maximum Gasteiger partial charge on any atom is 0.340 e. The molecular formula is C24H20Br2ClNO3. The van der Waals surface area contributed by atoms with Crippen LogP contribution in [0.25, 0.3) is 5.57 Å². The third kappa shape index (κ3) is 6.60. The molecule has 160 valence electrons. The van der Waals surface area contributed by atoms with E-state index in [1.807, 2.05) is 42.5 Å². The van der Waals surface area contributed by atoms with Crippen LogP contribution in [-0.4, -0.2) is 12.6 Å². The molecule has 0 aliphatic heterocycles. The van der Waals surface area contributed by atoms with E-state index < -0.39 is 5.97 Å². The van der Waals surface area contributed by atoms with Gasteiger partial charge in [-0.1, -0.05) is 54.1 Å². The number of anilines is 1. The summed E-state index contributed by atoms with van der Waals surface area (Å²) in [4.78, 5) is 12.5. The van der Waals surface area contributed by atoms with Gasteiger partial charge >= 0.3 is 5.97 Å². The maximum absolute atomic E-state index is 12.5. The number of hydrogen-bond donors (Lipinski definition) is 1. The maximum atomic E-state index is 12.5. The molecule has 0 aliphatic carbocycles. The van der Waals surface area contributed by atoms with E-state index >= 15 is 0 Å². The highest BCUT2D eigenvalue weighted by molar-refractivity contribution is 9.11. The van der Waals surface area contributed by atoms with Gasteiger partial charge < -0.3 is 14.8 Å². The molecule has 0 saturated carbocycles. The largest absolute Gasteiger partial charge is 0.487 e. The summed E-state index contributed by atoms with van der Waals surface area (Å²) in [5.74, 6) is 0.278. The fourth-order valence-corrected chi connectivity index (χ4v) is 4.31. The highest BCUT2D eigenvalue weighted by Gasteiger charge is 2.14. The summed E-state index contributed by atoms with van der Waals surface area (Å²) in [6.07, 6.45) is 1.62. The number of nitrogens with one attached hydrogen (secondary N) is 1. The van der Waals surface area contributed by atoms with Gasteiger partial charge in [0.2, 0.25) is 0 Å². The molecule has 0 atom stereocenters. The predicted molar refractivity (Wildman–Crippen MR) is 132 cm³/mol. The Kier molecular flexibility index (Phi) is 8.58. The van der Waals surface area contributed by atoms with E-state index in [2.05, 4.69) is 37.2 Å².